The van der Waals surface area contributed by atoms with Gasteiger partial charge >= 0.3 is 0 Å². The van der Waals surface area contributed by atoms with Crippen molar-refractivity contribution >= 4 is 11.5 Å². The average molecular weight is 292 g/mol. The molecule has 2 N–H and O–H groups in total. The number of anilines is 2. The molecule has 2 aromatic rings. The van der Waals surface area contributed by atoms with Gasteiger partial charge in [-0.1, -0.05) is 12.1 Å². The Hall–Kier alpha value is -1.94. The van der Waals surface area contributed by atoms with Crippen LogP contribution in [0, 0.1) is 12.8 Å². The van der Waals surface area contributed by atoms with Gasteiger partial charge in [0, 0.05) is 24.0 Å². The van der Waals surface area contributed by atoms with Gasteiger partial charge in [0.1, 0.15) is 11.6 Å². The van der Waals surface area contributed by atoms with Gasteiger partial charge in [-0.25, -0.2) is 9.97 Å². The first-order chi connectivity index (χ1) is 10.6. The molecule has 1 aromatic carbocycles. The molecule has 1 aliphatic heterocycles. The monoisotopic (exact) mass is 292 g/mol. The number of nitrogens with two attached hydrogens (primary N) is 1. The van der Waals surface area contributed by atoms with Gasteiger partial charge in [0.15, 0.2) is 0 Å². The maximum absolute atomic E-state index is 6.39. The third-order valence-corrected chi connectivity index (χ3v) is 5.46. The molecule has 2 unspecified atom stereocenters. The predicted molar refractivity (Wildman–Crippen MR) is 86.2 cm³/mol. The summed E-state index contributed by atoms with van der Waals surface area (Å²) in [6.45, 7) is 3.02. The van der Waals surface area contributed by atoms with Crippen molar-refractivity contribution < 1.29 is 0 Å². The molecule has 0 saturated heterocycles. The largest absolute Gasteiger partial charge is 0.326 e. The highest BCUT2D eigenvalue weighted by atomic mass is 15.2. The summed E-state index contributed by atoms with van der Waals surface area (Å²) in [5, 5.41) is 0. The quantitative estimate of drug-likeness (QED) is 0.924. The number of rotatable bonds is 2. The molecule has 2 aliphatic carbocycles. The molecule has 2 atom stereocenters. The van der Waals surface area contributed by atoms with Gasteiger partial charge in [0.25, 0.3) is 0 Å². The second kappa shape index (κ2) is 4.07. The van der Waals surface area contributed by atoms with Crippen molar-refractivity contribution in [2.75, 3.05) is 11.4 Å². The van der Waals surface area contributed by atoms with E-state index in [2.05, 4.69) is 33.1 Å². The average Bonchev–Trinajstić information content (AvgIpc) is 3.42. The zero-order valence-electron chi connectivity index (χ0n) is 12.8. The number of aromatic nitrogens is 2. The second-order valence-electron chi connectivity index (χ2n) is 7.10. The Morgan fingerprint density at radius 1 is 1.27 bits per heavy atom. The van der Waals surface area contributed by atoms with Crippen molar-refractivity contribution in [1.82, 2.24) is 9.97 Å². The fourth-order valence-electron chi connectivity index (χ4n) is 3.80. The van der Waals surface area contributed by atoms with Crippen molar-refractivity contribution in [3.8, 4) is 0 Å². The van der Waals surface area contributed by atoms with Crippen LogP contribution in [-0.4, -0.2) is 16.5 Å². The summed E-state index contributed by atoms with van der Waals surface area (Å²) in [5.74, 6) is 3.34. The Bertz CT molecular complexity index is 765. The fourth-order valence-corrected chi connectivity index (χ4v) is 3.80. The molecule has 5 rings (SSSR count). The maximum Gasteiger partial charge on any atom is 0.136 e. The van der Waals surface area contributed by atoms with E-state index in [-0.39, 0.29) is 5.54 Å². The lowest BCUT2D eigenvalue weighted by Gasteiger charge is -2.31. The van der Waals surface area contributed by atoms with Gasteiger partial charge < -0.3 is 10.6 Å². The number of hydrogen-bond donors (Lipinski definition) is 1. The van der Waals surface area contributed by atoms with E-state index >= 15 is 0 Å². The summed E-state index contributed by atoms with van der Waals surface area (Å²) >= 11 is 0. The maximum atomic E-state index is 6.39. The topological polar surface area (TPSA) is 55.0 Å². The SMILES string of the molecule is Cc1nccc(N2CC3CC3c3cc(C4(N)CC4)ccc32)n1. The predicted octanol–water partition coefficient (Wildman–Crippen LogP) is 2.99. The molecule has 4 nitrogen and oxygen atoms in total. The third kappa shape index (κ3) is 1.80. The van der Waals surface area contributed by atoms with Crippen LogP contribution in [-0.2, 0) is 5.54 Å². The summed E-state index contributed by atoms with van der Waals surface area (Å²) in [7, 11) is 0. The van der Waals surface area contributed by atoms with Gasteiger partial charge in [0.05, 0.1) is 0 Å². The zero-order chi connectivity index (χ0) is 14.9. The number of fused-ring (bicyclic) bond motifs is 3. The van der Waals surface area contributed by atoms with Crippen LogP contribution in [0.5, 0.6) is 0 Å². The third-order valence-electron chi connectivity index (χ3n) is 5.46. The minimum Gasteiger partial charge on any atom is -0.326 e. The van der Waals surface area contributed by atoms with Crippen LogP contribution in [0.25, 0.3) is 0 Å². The van der Waals surface area contributed by atoms with Crippen LogP contribution in [0.15, 0.2) is 30.5 Å². The van der Waals surface area contributed by atoms with E-state index in [0.717, 1.165) is 42.9 Å². The Labute approximate surface area is 130 Å². The van der Waals surface area contributed by atoms with Crippen LogP contribution in [0.1, 0.15) is 42.1 Å². The molecule has 4 heteroatoms. The first kappa shape index (κ1) is 12.6. The van der Waals surface area contributed by atoms with E-state index in [0.29, 0.717) is 0 Å². The second-order valence-corrected chi connectivity index (χ2v) is 7.10. The summed E-state index contributed by atoms with van der Waals surface area (Å²) in [6, 6.07) is 8.85. The minimum atomic E-state index is -0.0484. The number of aryl methyl sites for hydroxylation is 1. The Morgan fingerprint density at radius 2 is 2.14 bits per heavy atom. The zero-order valence-corrected chi connectivity index (χ0v) is 12.8. The summed E-state index contributed by atoms with van der Waals surface area (Å²) in [5.41, 5.74) is 10.4. The van der Waals surface area contributed by atoms with E-state index in [9.17, 15) is 0 Å². The standard InChI is InChI=1S/C18H20N4/c1-11-20-7-4-17(21-11)22-10-12-8-14(12)15-9-13(2-3-16(15)22)18(19)5-6-18/h2-4,7,9,12,14H,5-6,8,10,19H2,1H3. The van der Waals surface area contributed by atoms with Crippen LogP contribution < -0.4 is 10.6 Å². The lowest BCUT2D eigenvalue weighted by atomic mass is 9.95. The van der Waals surface area contributed by atoms with Gasteiger partial charge in [-0.15, -0.1) is 0 Å². The molecule has 0 bridgehead atoms. The molecule has 3 aliphatic rings. The molecule has 112 valence electrons. The summed E-state index contributed by atoms with van der Waals surface area (Å²) < 4.78 is 0. The van der Waals surface area contributed by atoms with E-state index in [1.54, 1.807) is 0 Å². The van der Waals surface area contributed by atoms with Gasteiger partial charge in [-0.3, -0.25) is 0 Å². The number of hydrogen-bond acceptors (Lipinski definition) is 4. The first-order valence-electron chi connectivity index (χ1n) is 8.15. The molecule has 2 heterocycles. The van der Waals surface area contributed by atoms with Crippen molar-refractivity contribution in [2.45, 2.75) is 37.6 Å². The molecule has 22 heavy (non-hydrogen) atoms. The highest BCUT2D eigenvalue weighted by Gasteiger charge is 2.47. The van der Waals surface area contributed by atoms with Gasteiger partial charge in [-0.2, -0.15) is 0 Å². The molecule has 1 aromatic heterocycles. The van der Waals surface area contributed by atoms with E-state index < -0.39 is 0 Å². The van der Waals surface area contributed by atoms with Gasteiger partial charge in [-0.05, 0) is 61.3 Å². The molecule has 0 amide bonds. The Kier molecular flexibility index (Phi) is 2.33. The summed E-state index contributed by atoms with van der Waals surface area (Å²) in [4.78, 5) is 11.2. The molecule has 2 fully saturated rings. The van der Waals surface area contributed by atoms with Crippen molar-refractivity contribution in [3.63, 3.8) is 0 Å². The highest BCUT2D eigenvalue weighted by Crippen LogP contribution is 2.57. The van der Waals surface area contributed by atoms with E-state index in [1.165, 1.54) is 23.2 Å². The smallest absolute Gasteiger partial charge is 0.136 e. The molecular weight excluding hydrogens is 272 g/mol. The van der Waals surface area contributed by atoms with Crippen LogP contribution >= 0.6 is 0 Å². The Morgan fingerprint density at radius 3 is 2.91 bits per heavy atom. The van der Waals surface area contributed by atoms with Crippen LogP contribution in [0.2, 0.25) is 0 Å². The van der Waals surface area contributed by atoms with Crippen LogP contribution in [0.3, 0.4) is 0 Å². The van der Waals surface area contributed by atoms with Crippen molar-refractivity contribution in [3.05, 3.63) is 47.4 Å². The lowest BCUT2D eigenvalue weighted by molar-refractivity contribution is 0.719. The highest BCUT2D eigenvalue weighted by molar-refractivity contribution is 5.69. The number of benzene rings is 1. The molecular formula is C18H20N4. The first-order valence-corrected chi connectivity index (χ1v) is 8.15. The summed E-state index contributed by atoms with van der Waals surface area (Å²) in [6.07, 6.45) is 5.39. The van der Waals surface area contributed by atoms with E-state index in [1.807, 2.05) is 19.2 Å². The van der Waals surface area contributed by atoms with Gasteiger partial charge in [0.2, 0.25) is 0 Å². The van der Waals surface area contributed by atoms with Crippen molar-refractivity contribution in [1.29, 1.82) is 0 Å². The molecule has 0 spiro atoms. The normalized spacial score (nSPS) is 27.1. The lowest BCUT2D eigenvalue weighted by Crippen LogP contribution is -2.27. The van der Waals surface area contributed by atoms with Crippen molar-refractivity contribution in [2.24, 2.45) is 11.7 Å². The number of nitrogens with zero attached hydrogens (tertiary/aromatic N) is 3. The molecule has 2 saturated carbocycles. The molecule has 0 radical (unpaired) electrons. The van der Waals surface area contributed by atoms with Crippen LogP contribution in [0.4, 0.5) is 11.5 Å². The van der Waals surface area contributed by atoms with E-state index in [4.69, 9.17) is 5.73 Å². The fraction of sp³-hybridized carbons (Fsp3) is 0.444. The minimum absolute atomic E-state index is 0.0484. The Balaban J connectivity index is 1.61.